The van der Waals surface area contributed by atoms with E-state index < -0.39 is 28.6 Å². The molecule has 11 heteroatoms. The van der Waals surface area contributed by atoms with Gasteiger partial charge >= 0.3 is 6.18 Å². The van der Waals surface area contributed by atoms with Crippen molar-refractivity contribution in [3.05, 3.63) is 98.5 Å². The molecule has 0 radical (unpaired) electrons. The van der Waals surface area contributed by atoms with Crippen LogP contribution in [0, 0.1) is 11.8 Å². The van der Waals surface area contributed by atoms with Crippen molar-refractivity contribution >= 4 is 46.9 Å². The molecule has 0 fully saturated rings. The molecule has 2 amide bonds. The molecule has 0 saturated heterocycles. The molecule has 0 heterocycles. The Morgan fingerprint density at radius 1 is 1.03 bits per heavy atom. The van der Waals surface area contributed by atoms with Crippen LogP contribution in [0.1, 0.15) is 43.8 Å². The molecule has 37 heavy (non-hydrogen) atoms. The number of nitrogens with zero attached hydrogens (tertiary/aromatic N) is 1. The molecule has 3 aromatic carbocycles. The predicted molar refractivity (Wildman–Crippen MR) is 136 cm³/mol. The highest BCUT2D eigenvalue weighted by molar-refractivity contribution is 6.31. The average molecular weight is 548 g/mol. The largest absolute Gasteiger partial charge is 0.417 e. The molecular weight excluding hydrogens is 530 g/mol. The quantitative estimate of drug-likeness (QED) is 0.208. The second-order valence-corrected chi connectivity index (χ2v) is 8.28. The number of anilines is 1. The van der Waals surface area contributed by atoms with Crippen molar-refractivity contribution in [3.63, 3.8) is 0 Å². The van der Waals surface area contributed by atoms with Crippen molar-refractivity contribution in [1.82, 2.24) is 5.43 Å². The van der Waals surface area contributed by atoms with Crippen LogP contribution in [-0.4, -0.2) is 29.7 Å². The van der Waals surface area contributed by atoms with Gasteiger partial charge in [0.1, 0.15) is 0 Å². The van der Waals surface area contributed by atoms with Gasteiger partial charge in [-0.1, -0.05) is 47.2 Å². The number of carbonyl (C=O) groups excluding carboxylic acids is 2. The molecule has 6 nitrogen and oxygen atoms in total. The van der Waals surface area contributed by atoms with Gasteiger partial charge in [0, 0.05) is 22.6 Å². The summed E-state index contributed by atoms with van der Waals surface area (Å²) < 4.78 is 39.1. The second kappa shape index (κ2) is 12.4. The monoisotopic (exact) mass is 547 g/mol. The molecule has 3 aromatic rings. The van der Waals surface area contributed by atoms with E-state index in [4.69, 9.17) is 28.3 Å². The number of hydrazone groups is 1. The minimum absolute atomic E-state index is 0.0241. The molecule has 0 aromatic heterocycles. The Labute approximate surface area is 220 Å². The minimum atomic E-state index is -4.65. The maximum atomic E-state index is 13.0. The zero-order valence-corrected chi connectivity index (χ0v) is 20.4. The van der Waals surface area contributed by atoms with Gasteiger partial charge in [0.2, 0.25) is 0 Å². The third-order valence-electron chi connectivity index (χ3n) is 4.74. The maximum Gasteiger partial charge on any atom is 0.417 e. The lowest BCUT2D eigenvalue weighted by Gasteiger charge is -2.11. The summed E-state index contributed by atoms with van der Waals surface area (Å²) in [5, 5.41) is 14.9. The van der Waals surface area contributed by atoms with Gasteiger partial charge in [-0.05, 0) is 54.1 Å². The van der Waals surface area contributed by atoms with E-state index in [2.05, 4.69) is 27.7 Å². The number of benzene rings is 3. The van der Waals surface area contributed by atoms with Crippen LogP contribution in [0.25, 0.3) is 0 Å². The SMILES string of the molecule is O=C(Nc1ccc(Cl)cc1C(=O)N/N=C/c1ccc(Cl)c(C(F)(F)F)c1)c1cccc(C#CCCO)c1. The lowest BCUT2D eigenvalue weighted by atomic mass is 10.1. The first kappa shape index (κ1) is 27.7. The summed E-state index contributed by atoms with van der Waals surface area (Å²) in [7, 11) is 0. The third kappa shape index (κ3) is 7.82. The third-order valence-corrected chi connectivity index (χ3v) is 5.31. The Morgan fingerprint density at radius 3 is 2.54 bits per heavy atom. The van der Waals surface area contributed by atoms with Crippen molar-refractivity contribution in [3.8, 4) is 11.8 Å². The lowest BCUT2D eigenvalue weighted by Crippen LogP contribution is -2.21. The maximum absolute atomic E-state index is 13.0. The van der Waals surface area contributed by atoms with Crippen LogP contribution in [0.4, 0.5) is 18.9 Å². The fraction of sp³-hybridized carbons (Fsp3) is 0.115. The van der Waals surface area contributed by atoms with Gasteiger partial charge in [0.25, 0.3) is 11.8 Å². The van der Waals surface area contributed by atoms with Gasteiger partial charge in [-0.2, -0.15) is 18.3 Å². The Kier molecular flexibility index (Phi) is 9.31. The first-order valence-corrected chi connectivity index (χ1v) is 11.3. The number of carbonyl (C=O) groups is 2. The number of hydrogen-bond acceptors (Lipinski definition) is 4. The van der Waals surface area contributed by atoms with Crippen LogP contribution in [-0.2, 0) is 6.18 Å². The smallest absolute Gasteiger partial charge is 0.395 e. The molecular formula is C26H18Cl2F3N3O3. The molecule has 0 aliphatic rings. The number of amides is 2. The van der Waals surface area contributed by atoms with Gasteiger partial charge in [-0.15, -0.1) is 0 Å². The van der Waals surface area contributed by atoms with Gasteiger partial charge < -0.3 is 10.4 Å². The second-order valence-electron chi connectivity index (χ2n) is 7.44. The van der Waals surface area contributed by atoms with E-state index in [9.17, 15) is 22.8 Å². The first-order valence-electron chi connectivity index (χ1n) is 10.6. The molecule has 0 aliphatic heterocycles. The lowest BCUT2D eigenvalue weighted by molar-refractivity contribution is -0.137. The fourth-order valence-electron chi connectivity index (χ4n) is 3.03. The highest BCUT2D eigenvalue weighted by Crippen LogP contribution is 2.34. The van der Waals surface area contributed by atoms with E-state index in [-0.39, 0.29) is 34.0 Å². The van der Waals surface area contributed by atoms with Gasteiger partial charge in [-0.3, -0.25) is 9.59 Å². The van der Waals surface area contributed by atoms with Crippen molar-refractivity contribution in [2.24, 2.45) is 5.10 Å². The van der Waals surface area contributed by atoms with Crippen LogP contribution in [0.2, 0.25) is 10.0 Å². The molecule has 3 N–H and O–H groups in total. The van der Waals surface area contributed by atoms with Crippen LogP contribution in [0.3, 0.4) is 0 Å². The molecule has 0 aliphatic carbocycles. The molecule has 3 rings (SSSR count). The molecule has 0 atom stereocenters. The number of aliphatic hydroxyl groups excluding tert-OH is 1. The highest BCUT2D eigenvalue weighted by atomic mass is 35.5. The van der Waals surface area contributed by atoms with E-state index in [1.165, 1.54) is 24.3 Å². The van der Waals surface area contributed by atoms with E-state index in [0.29, 0.717) is 12.0 Å². The summed E-state index contributed by atoms with van der Waals surface area (Å²) in [5.41, 5.74) is 2.18. The summed E-state index contributed by atoms with van der Waals surface area (Å²) in [6, 6.07) is 13.9. The Bertz CT molecular complexity index is 1410. The van der Waals surface area contributed by atoms with E-state index in [1.807, 2.05) is 0 Å². The molecule has 0 saturated carbocycles. The summed E-state index contributed by atoms with van der Waals surface area (Å²) in [4.78, 5) is 25.5. The fourth-order valence-corrected chi connectivity index (χ4v) is 3.43. The van der Waals surface area contributed by atoms with Gasteiger partial charge in [0.15, 0.2) is 0 Å². The first-order chi connectivity index (χ1) is 17.6. The summed E-state index contributed by atoms with van der Waals surface area (Å²) in [5.74, 6) is 4.32. The Balaban J connectivity index is 1.77. The summed E-state index contributed by atoms with van der Waals surface area (Å²) in [6.45, 7) is -0.0765. The van der Waals surface area contributed by atoms with Crippen LogP contribution >= 0.6 is 23.2 Å². The molecule has 190 valence electrons. The number of rotatable bonds is 6. The topological polar surface area (TPSA) is 90.8 Å². The standard InChI is InChI=1S/C26H18Cl2F3N3O3/c27-19-8-10-23(33-24(36)18-6-3-5-16(12-18)4-1-2-11-35)20(14-19)25(37)34-32-15-17-7-9-22(28)21(13-17)26(29,30)31/h3,5-10,12-15,35H,2,11H2,(H,33,36)(H,34,37)/b32-15+. The molecule has 0 bridgehead atoms. The molecule has 0 unspecified atom stereocenters. The van der Waals surface area contributed by atoms with Crippen molar-refractivity contribution in [2.75, 3.05) is 11.9 Å². The van der Waals surface area contributed by atoms with Crippen molar-refractivity contribution in [2.45, 2.75) is 12.6 Å². The number of nitrogens with one attached hydrogen (secondary N) is 2. The normalized spacial score (nSPS) is 11.1. The average Bonchev–Trinajstić information content (AvgIpc) is 2.85. The van der Waals surface area contributed by atoms with Gasteiger partial charge in [-0.25, -0.2) is 5.43 Å². The minimum Gasteiger partial charge on any atom is -0.395 e. The molecule has 0 spiro atoms. The zero-order chi connectivity index (χ0) is 27.0. The van der Waals surface area contributed by atoms with Crippen LogP contribution < -0.4 is 10.7 Å². The number of hydrogen-bond donors (Lipinski definition) is 3. The van der Waals surface area contributed by atoms with Crippen molar-refractivity contribution < 1.29 is 27.9 Å². The van der Waals surface area contributed by atoms with Crippen molar-refractivity contribution in [1.29, 1.82) is 0 Å². The Morgan fingerprint density at radius 2 is 1.81 bits per heavy atom. The number of aliphatic hydroxyl groups is 1. The van der Waals surface area contributed by atoms with Crippen LogP contribution in [0.15, 0.2) is 65.8 Å². The van der Waals surface area contributed by atoms with E-state index >= 15 is 0 Å². The van der Waals surface area contributed by atoms with Gasteiger partial charge in [0.05, 0.1) is 34.7 Å². The van der Waals surface area contributed by atoms with Crippen LogP contribution in [0.5, 0.6) is 0 Å². The summed E-state index contributed by atoms with van der Waals surface area (Å²) >= 11 is 11.6. The number of halogens is 5. The highest BCUT2D eigenvalue weighted by Gasteiger charge is 2.33. The Hall–Kier alpha value is -3.84. The predicted octanol–water partition coefficient (Wildman–Crippen LogP) is 5.76. The summed E-state index contributed by atoms with van der Waals surface area (Å²) in [6.07, 6.45) is -3.33. The van der Waals surface area contributed by atoms with E-state index in [1.54, 1.807) is 24.3 Å². The number of alkyl halides is 3. The zero-order valence-electron chi connectivity index (χ0n) is 18.9. The van der Waals surface area contributed by atoms with E-state index in [0.717, 1.165) is 18.3 Å².